The van der Waals surface area contributed by atoms with Gasteiger partial charge in [-0.1, -0.05) is 0 Å². The quantitative estimate of drug-likeness (QED) is 0.159. The number of hydrogen-bond donors (Lipinski definition) is 0. The zero-order chi connectivity index (χ0) is 37.8. The minimum absolute atomic E-state index is 0. The molecule has 0 saturated carbocycles. The Balaban J connectivity index is 0.00000266. The van der Waals surface area contributed by atoms with E-state index in [1.165, 1.54) is 77.9 Å². The van der Waals surface area contributed by atoms with Crippen molar-refractivity contribution >= 4 is 3.21 Å². The first kappa shape index (κ1) is 41.8. The number of benzene rings is 6. The van der Waals surface area contributed by atoms with Crippen LogP contribution in [0, 0.1) is 13.8 Å². The van der Waals surface area contributed by atoms with Crippen molar-refractivity contribution in [3.8, 4) is 33.4 Å². The molecule has 0 amide bonds. The number of aryl methyl sites for hydroxylation is 2. The molecular weight excluding hydrogens is 799 g/mol. The van der Waals surface area contributed by atoms with E-state index in [-0.39, 0.29) is 35.6 Å². The van der Waals surface area contributed by atoms with Crippen LogP contribution in [0.4, 0.5) is 0 Å². The summed E-state index contributed by atoms with van der Waals surface area (Å²) in [4.78, 5) is 0. The standard InChI is InChI=1S/C33H33.C15H14.C5H5.2ClH.Zr/c1-32(2,3)30-15-11-10-14-27(30)29-20-25-19-24-18-23(22-12-8-7-9-13-22)16-17-26(24)28(25)21-31(29)33(4,5)6;1-12-3-7-14(8-4-12)11-15-9-5-13(2)6-10-15;1-2-4-5-3-1;;;/h7-21H,1-6H3;3-10H,1-2H3;1-3H,4H2;2*1H;/q;;;;;+2/p-2. The third-order valence-electron chi connectivity index (χ3n) is 11.4. The second-order valence-corrected chi connectivity index (χ2v) is 23.7. The Morgan fingerprint density at radius 3 is 1.66 bits per heavy atom. The van der Waals surface area contributed by atoms with Crippen LogP contribution in [-0.4, -0.2) is 3.21 Å². The van der Waals surface area contributed by atoms with Gasteiger partial charge in [0.2, 0.25) is 0 Å². The second kappa shape index (κ2) is 16.5. The van der Waals surface area contributed by atoms with E-state index < -0.39 is 21.3 Å². The molecule has 0 spiro atoms. The van der Waals surface area contributed by atoms with E-state index in [0.29, 0.717) is 3.63 Å². The minimum Gasteiger partial charge on any atom is -1.00 e. The average molecular weight is 851 g/mol. The van der Waals surface area contributed by atoms with Crippen molar-refractivity contribution in [2.24, 2.45) is 0 Å². The van der Waals surface area contributed by atoms with Gasteiger partial charge in [-0.15, -0.1) is 0 Å². The summed E-state index contributed by atoms with van der Waals surface area (Å²) in [5, 5.41) is 0. The summed E-state index contributed by atoms with van der Waals surface area (Å²) in [6, 6.07) is 51.7. The number of halogens is 2. The first-order chi connectivity index (χ1) is 25.9. The van der Waals surface area contributed by atoms with Crippen LogP contribution in [0.1, 0.15) is 96.1 Å². The van der Waals surface area contributed by atoms with Crippen LogP contribution in [0.15, 0.2) is 155 Å². The van der Waals surface area contributed by atoms with Crippen LogP contribution in [0.2, 0.25) is 0 Å². The molecule has 282 valence electrons. The molecule has 2 aliphatic carbocycles. The molecule has 0 aromatic heterocycles. The van der Waals surface area contributed by atoms with Crippen molar-refractivity contribution in [3.63, 3.8) is 0 Å². The normalized spacial score (nSPS) is 14.1. The Bertz CT molecular complexity index is 2420. The first-order valence-electron chi connectivity index (χ1n) is 19.6. The summed E-state index contributed by atoms with van der Waals surface area (Å²) in [7, 11) is 0. The minimum atomic E-state index is -2.92. The van der Waals surface area contributed by atoms with E-state index in [2.05, 4.69) is 207 Å². The third kappa shape index (κ3) is 7.98. The molecule has 0 fully saturated rings. The fourth-order valence-electron chi connectivity index (χ4n) is 8.69. The second-order valence-electron chi connectivity index (χ2n) is 17.5. The zero-order valence-corrected chi connectivity index (χ0v) is 37.9. The molecule has 2 aliphatic rings. The molecule has 1 unspecified atom stereocenters. The number of rotatable bonds is 6. The number of allylic oxidation sites excluding steroid dienone is 4. The van der Waals surface area contributed by atoms with Crippen LogP contribution < -0.4 is 24.8 Å². The van der Waals surface area contributed by atoms with Crippen LogP contribution in [-0.2, 0) is 32.1 Å². The van der Waals surface area contributed by atoms with E-state index in [9.17, 15) is 0 Å². The van der Waals surface area contributed by atoms with Crippen molar-refractivity contribution in [3.05, 3.63) is 199 Å². The maximum absolute atomic E-state index is 2.92. The largest absolute Gasteiger partial charge is 1.00 e. The molecule has 8 rings (SSSR count). The Labute approximate surface area is 355 Å². The monoisotopic (exact) mass is 848 g/mol. The van der Waals surface area contributed by atoms with Gasteiger partial charge in [0, 0.05) is 0 Å². The topological polar surface area (TPSA) is 0 Å². The van der Waals surface area contributed by atoms with E-state index in [1.54, 1.807) is 6.49 Å². The van der Waals surface area contributed by atoms with Crippen molar-refractivity contribution < 1.29 is 46.1 Å². The van der Waals surface area contributed by atoms with Gasteiger partial charge in [0.05, 0.1) is 0 Å². The van der Waals surface area contributed by atoms with Gasteiger partial charge in [-0.3, -0.25) is 0 Å². The first-order valence-corrected chi connectivity index (χ1v) is 23.5. The average Bonchev–Trinajstić information content (AvgIpc) is 3.80. The fourth-order valence-corrected chi connectivity index (χ4v) is 17.7. The summed E-state index contributed by atoms with van der Waals surface area (Å²) in [6.07, 6.45) is 8.25. The molecule has 1 atom stereocenters. The summed E-state index contributed by atoms with van der Waals surface area (Å²) in [5.41, 5.74) is 19.3. The molecular formula is C53H52Cl2Zr. The predicted octanol–water partition coefficient (Wildman–Crippen LogP) is 8.04. The van der Waals surface area contributed by atoms with Crippen LogP contribution in [0.5, 0.6) is 0 Å². The van der Waals surface area contributed by atoms with Crippen LogP contribution in [0.25, 0.3) is 33.4 Å². The van der Waals surface area contributed by atoms with Crippen molar-refractivity contribution in [2.75, 3.05) is 0 Å². The van der Waals surface area contributed by atoms with E-state index in [4.69, 9.17) is 0 Å². The molecule has 0 radical (unpaired) electrons. The zero-order valence-electron chi connectivity index (χ0n) is 34.0. The predicted molar refractivity (Wildman–Crippen MR) is 229 cm³/mol. The van der Waals surface area contributed by atoms with Crippen LogP contribution in [0.3, 0.4) is 0 Å². The molecule has 56 heavy (non-hydrogen) atoms. The van der Waals surface area contributed by atoms with E-state index in [0.717, 1.165) is 6.42 Å². The molecule has 0 aliphatic heterocycles. The molecule has 0 heterocycles. The molecule has 0 N–H and O–H groups in total. The third-order valence-corrected chi connectivity index (χ3v) is 19.8. The Kier molecular flexibility index (Phi) is 12.3. The van der Waals surface area contributed by atoms with Gasteiger partial charge in [0.25, 0.3) is 0 Å². The van der Waals surface area contributed by atoms with Crippen molar-refractivity contribution in [1.82, 2.24) is 0 Å². The Morgan fingerprint density at radius 2 is 1.09 bits per heavy atom. The van der Waals surface area contributed by atoms with E-state index >= 15 is 0 Å². The fraction of sp³-hybridized carbons (Fsp3) is 0.226. The molecule has 6 aromatic rings. The molecule has 6 aromatic carbocycles. The molecule has 0 saturated heterocycles. The maximum atomic E-state index is 2.67. The van der Waals surface area contributed by atoms with Gasteiger partial charge in [0.15, 0.2) is 0 Å². The van der Waals surface area contributed by atoms with Gasteiger partial charge in [-0.05, 0) is 0 Å². The van der Waals surface area contributed by atoms with Gasteiger partial charge in [-0.2, -0.15) is 0 Å². The molecule has 0 nitrogen and oxygen atoms in total. The van der Waals surface area contributed by atoms with Gasteiger partial charge >= 0.3 is 334 Å². The summed E-state index contributed by atoms with van der Waals surface area (Å²) < 4.78 is 3.57. The van der Waals surface area contributed by atoms with Gasteiger partial charge in [-0.25, -0.2) is 0 Å². The van der Waals surface area contributed by atoms with Crippen molar-refractivity contribution in [1.29, 1.82) is 0 Å². The Hall–Kier alpha value is -3.87. The summed E-state index contributed by atoms with van der Waals surface area (Å²) in [5.74, 6) is 0. The smallest absolute Gasteiger partial charge is 1.00 e. The van der Waals surface area contributed by atoms with Crippen LogP contribution >= 0.6 is 0 Å². The maximum Gasteiger partial charge on any atom is -1.00 e. The van der Waals surface area contributed by atoms with Crippen molar-refractivity contribution in [2.45, 2.75) is 76.3 Å². The van der Waals surface area contributed by atoms with Gasteiger partial charge < -0.3 is 24.8 Å². The summed E-state index contributed by atoms with van der Waals surface area (Å²) in [6.45, 7) is 18.6. The molecule has 0 bridgehead atoms. The number of hydrogen-bond acceptors (Lipinski definition) is 0. The van der Waals surface area contributed by atoms with E-state index in [1.807, 2.05) is 0 Å². The molecule has 3 heteroatoms. The van der Waals surface area contributed by atoms with Gasteiger partial charge in [0.1, 0.15) is 0 Å². The Morgan fingerprint density at radius 1 is 0.518 bits per heavy atom. The number of fused-ring (bicyclic) bond motifs is 3. The SMILES string of the molecule is Cc1ccc([C](c2ccc(C)cc2)=[Zr+2]([C]2=CC=CC2)[CH]2c3cc(-c4ccccc4)ccc3-c3cc(C(C)(C)C)c(-c4ccccc4C(C)(C)C)cc32)cc1.[Cl-].[Cl-]. The summed E-state index contributed by atoms with van der Waals surface area (Å²) >= 11 is -2.92.